The van der Waals surface area contributed by atoms with Crippen LogP contribution in [0.2, 0.25) is 0 Å². The molecule has 0 N–H and O–H groups in total. The van der Waals surface area contributed by atoms with Gasteiger partial charge in [-0.2, -0.15) is 0 Å². The molecule has 0 aromatic carbocycles. The zero-order chi connectivity index (χ0) is 11.5. The highest BCUT2D eigenvalue weighted by molar-refractivity contribution is 5.11. The summed E-state index contributed by atoms with van der Waals surface area (Å²) in [7, 11) is 0. The summed E-state index contributed by atoms with van der Waals surface area (Å²) in [6.45, 7) is 14.0. The third-order valence-electron chi connectivity index (χ3n) is 3.92. The molecule has 2 fully saturated rings. The van der Waals surface area contributed by atoms with Gasteiger partial charge in [-0.25, -0.2) is 4.39 Å². The lowest BCUT2D eigenvalue weighted by Gasteiger charge is -2.25. The predicted molar refractivity (Wildman–Crippen MR) is 62.1 cm³/mol. The van der Waals surface area contributed by atoms with Crippen molar-refractivity contribution in [2.45, 2.75) is 60.6 Å². The van der Waals surface area contributed by atoms with E-state index in [1.165, 1.54) is 0 Å². The SMILES string of the molecule is CC.CC.CC1C2CC2C(C)(F)C1C. The molecule has 86 valence electrons. The summed E-state index contributed by atoms with van der Waals surface area (Å²) in [5.74, 6) is 2.05. The Hall–Kier alpha value is -0.0700. The van der Waals surface area contributed by atoms with Crippen molar-refractivity contribution in [2.24, 2.45) is 23.7 Å². The second-order valence-electron chi connectivity index (χ2n) is 4.31. The highest BCUT2D eigenvalue weighted by atomic mass is 19.1. The molecule has 2 aliphatic rings. The van der Waals surface area contributed by atoms with E-state index in [1.807, 2.05) is 27.7 Å². The first-order valence-electron chi connectivity index (χ1n) is 6.24. The molecule has 5 unspecified atom stereocenters. The van der Waals surface area contributed by atoms with Crippen LogP contribution in [0.4, 0.5) is 4.39 Å². The van der Waals surface area contributed by atoms with Gasteiger partial charge in [-0.1, -0.05) is 41.5 Å². The Morgan fingerprint density at radius 3 is 1.64 bits per heavy atom. The average molecular weight is 202 g/mol. The van der Waals surface area contributed by atoms with Gasteiger partial charge in [0.2, 0.25) is 0 Å². The molecule has 0 nitrogen and oxygen atoms in total. The van der Waals surface area contributed by atoms with E-state index < -0.39 is 5.67 Å². The van der Waals surface area contributed by atoms with Crippen LogP contribution in [0.15, 0.2) is 0 Å². The Morgan fingerprint density at radius 1 is 1.07 bits per heavy atom. The zero-order valence-electron chi connectivity index (χ0n) is 10.9. The van der Waals surface area contributed by atoms with Crippen molar-refractivity contribution < 1.29 is 4.39 Å². The summed E-state index contributed by atoms with van der Waals surface area (Å²) in [6, 6.07) is 0. The lowest BCUT2D eigenvalue weighted by atomic mass is 9.86. The van der Waals surface area contributed by atoms with Crippen molar-refractivity contribution >= 4 is 0 Å². The molecule has 2 aliphatic carbocycles. The van der Waals surface area contributed by atoms with Gasteiger partial charge in [-0.05, 0) is 37.0 Å². The topological polar surface area (TPSA) is 0 Å². The predicted octanol–water partition coefficient (Wildman–Crippen LogP) is 4.69. The highest BCUT2D eigenvalue weighted by Crippen LogP contribution is 2.64. The molecule has 0 heterocycles. The van der Waals surface area contributed by atoms with E-state index in [9.17, 15) is 4.39 Å². The van der Waals surface area contributed by atoms with E-state index in [1.54, 1.807) is 6.92 Å². The Morgan fingerprint density at radius 2 is 1.50 bits per heavy atom. The van der Waals surface area contributed by atoms with E-state index in [2.05, 4.69) is 13.8 Å². The molecule has 0 radical (unpaired) electrons. The van der Waals surface area contributed by atoms with Crippen LogP contribution in [-0.4, -0.2) is 5.67 Å². The van der Waals surface area contributed by atoms with Crippen LogP contribution in [-0.2, 0) is 0 Å². The first-order chi connectivity index (χ1) is 6.55. The molecule has 2 rings (SSSR count). The maximum Gasteiger partial charge on any atom is 0.114 e. The van der Waals surface area contributed by atoms with E-state index in [0.29, 0.717) is 11.8 Å². The smallest absolute Gasteiger partial charge is 0.114 e. The first-order valence-corrected chi connectivity index (χ1v) is 6.24. The fraction of sp³-hybridized carbons (Fsp3) is 1.00. The number of rotatable bonds is 0. The number of alkyl halides is 1. The molecular weight excluding hydrogens is 175 g/mol. The van der Waals surface area contributed by atoms with Crippen LogP contribution in [0.5, 0.6) is 0 Å². The minimum Gasteiger partial charge on any atom is -0.244 e. The molecular formula is C13H27F. The van der Waals surface area contributed by atoms with E-state index in [-0.39, 0.29) is 5.92 Å². The molecule has 0 aromatic heterocycles. The van der Waals surface area contributed by atoms with Crippen molar-refractivity contribution in [1.29, 1.82) is 0 Å². The summed E-state index contributed by atoms with van der Waals surface area (Å²) < 4.78 is 13.7. The highest BCUT2D eigenvalue weighted by Gasteiger charge is 2.63. The summed E-state index contributed by atoms with van der Waals surface area (Å²) in [5, 5.41) is 0. The zero-order valence-corrected chi connectivity index (χ0v) is 10.9. The Labute approximate surface area is 89.3 Å². The van der Waals surface area contributed by atoms with Crippen LogP contribution >= 0.6 is 0 Å². The van der Waals surface area contributed by atoms with Crippen molar-refractivity contribution in [1.82, 2.24) is 0 Å². The van der Waals surface area contributed by atoms with Gasteiger partial charge in [0.15, 0.2) is 0 Å². The van der Waals surface area contributed by atoms with E-state index in [4.69, 9.17) is 0 Å². The fourth-order valence-corrected chi connectivity index (χ4v) is 2.67. The minimum atomic E-state index is -0.843. The third-order valence-corrected chi connectivity index (χ3v) is 3.92. The van der Waals surface area contributed by atoms with Crippen LogP contribution in [0.3, 0.4) is 0 Å². The lowest BCUT2D eigenvalue weighted by Crippen LogP contribution is -2.28. The largest absolute Gasteiger partial charge is 0.244 e. The first kappa shape index (κ1) is 13.9. The number of fused-ring (bicyclic) bond motifs is 1. The van der Waals surface area contributed by atoms with Crippen molar-refractivity contribution in [3.8, 4) is 0 Å². The molecule has 0 aromatic rings. The van der Waals surface area contributed by atoms with Crippen molar-refractivity contribution in [2.75, 3.05) is 0 Å². The molecule has 0 spiro atoms. The summed E-state index contributed by atoms with van der Waals surface area (Å²) in [6.07, 6.45) is 1.15. The van der Waals surface area contributed by atoms with Gasteiger partial charge < -0.3 is 0 Å². The van der Waals surface area contributed by atoms with Gasteiger partial charge in [-0.3, -0.25) is 0 Å². The Bertz CT molecular complexity index is 161. The molecule has 0 amide bonds. The second-order valence-corrected chi connectivity index (χ2v) is 4.31. The Balaban J connectivity index is 0.000000379. The van der Waals surface area contributed by atoms with Crippen LogP contribution < -0.4 is 0 Å². The molecule has 14 heavy (non-hydrogen) atoms. The average Bonchev–Trinajstić information content (AvgIpc) is 2.98. The summed E-state index contributed by atoms with van der Waals surface area (Å²) in [5.41, 5.74) is -0.843. The second kappa shape index (κ2) is 5.14. The van der Waals surface area contributed by atoms with Crippen molar-refractivity contribution in [3.05, 3.63) is 0 Å². The molecule has 2 saturated carbocycles. The van der Waals surface area contributed by atoms with Gasteiger partial charge in [0.05, 0.1) is 0 Å². The number of hydrogen-bond donors (Lipinski definition) is 0. The minimum absolute atomic E-state index is 0.288. The number of halogens is 1. The lowest BCUT2D eigenvalue weighted by molar-refractivity contribution is 0.0951. The van der Waals surface area contributed by atoms with E-state index in [0.717, 1.165) is 12.3 Å². The quantitative estimate of drug-likeness (QED) is 0.534. The van der Waals surface area contributed by atoms with Gasteiger partial charge >= 0.3 is 0 Å². The van der Waals surface area contributed by atoms with Gasteiger partial charge in [0.1, 0.15) is 5.67 Å². The maximum absolute atomic E-state index is 13.7. The summed E-state index contributed by atoms with van der Waals surface area (Å²) >= 11 is 0. The standard InChI is InChI=1S/C9H15F.2C2H6/c1-5-6(2)9(3,10)8-4-7(5)8;2*1-2/h5-8H,4H2,1-3H3;2*1-2H3. The molecule has 5 atom stereocenters. The normalized spacial score (nSPS) is 48.0. The third kappa shape index (κ3) is 2.12. The summed E-state index contributed by atoms with van der Waals surface area (Å²) in [4.78, 5) is 0. The molecule has 0 bridgehead atoms. The molecule has 0 saturated heterocycles. The van der Waals surface area contributed by atoms with Crippen molar-refractivity contribution in [3.63, 3.8) is 0 Å². The van der Waals surface area contributed by atoms with Gasteiger partial charge in [-0.15, -0.1) is 0 Å². The van der Waals surface area contributed by atoms with Gasteiger partial charge in [0, 0.05) is 0 Å². The number of hydrogen-bond acceptors (Lipinski definition) is 0. The van der Waals surface area contributed by atoms with Crippen LogP contribution in [0.25, 0.3) is 0 Å². The molecule has 0 aliphatic heterocycles. The van der Waals surface area contributed by atoms with Crippen LogP contribution in [0, 0.1) is 23.7 Å². The monoisotopic (exact) mass is 202 g/mol. The van der Waals surface area contributed by atoms with Gasteiger partial charge in [0.25, 0.3) is 0 Å². The fourth-order valence-electron chi connectivity index (χ4n) is 2.67. The van der Waals surface area contributed by atoms with E-state index >= 15 is 0 Å². The Kier molecular flexibility index (Phi) is 5.11. The molecule has 1 heteroatoms. The maximum atomic E-state index is 13.7. The van der Waals surface area contributed by atoms with Crippen LogP contribution in [0.1, 0.15) is 54.9 Å².